The van der Waals surface area contributed by atoms with E-state index < -0.39 is 34.9 Å². The minimum absolute atomic E-state index is 0.00700. The molecule has 6 aliphatic carbocycles. The Morgan fingerprint density at radius 3 is 1.68 bits per heavy atom. The van der Waals surface area contributed by atoms with Crippen LogP contribution in [0.4, 0.5) is 0 Å². The molecule has 6 fully saturated rings. The maximum absolute atomic E-state index is 13.3. The number of carbonyl (C=O) groups is 3. The third-order valence-corrected chi connectivity index (χ3v) is 15.9. The molecule has 6 rings (SSSR count). The van der Waals surface area contributed by atoms with Crippen molar-refractivity contribution in [2.75, 3.05) is 19.8 Å². The standard InChI is InChI=1S/C42H70N2O14S/c45-40(39-21-26(23-54-50)1-20-38(39)42(48)49)43-30-4-8-32(9-5-30)57-35-16-18-37(19-17-35)59(52)58-36-14-12-34(13-15-36)56-33-10-6-31(7-11-33)44-53-24-29-22-27(41(46)47)2-3-28(29)25-55-51/h26-39,44,50-51H,1-25H2,(H,43,45)(H,46,47)(H,48,49). The second-order valence-corrected chi connectivity index (χ2v) is 19.9. The van der Waals surface area contributed by atoms with Gasteiger partial charge in [0.05, 0.1) is 73.3 Å². The molecule has 59 heavy (non-hydrogen) atoms. The third kappa shape index (κ3) is 14.1. The Morgan fingerprint density at radius 1 is 0.542 bits per heavy atom. The largest absolute Gasteiger partial charge is 0.481 e. The molecular weight excluding hydrogens is 789 g/mol. The Labute approximate surface area is 351 Å². The normalized spacial score (nSPS) is 38.9. The van der Waals surface area contributed by atoms with E-state index in [4.69, 9.17) is 29.0 Å². The zero-order chi connectivity index (χ0) is 41.7. The van der Waals surface area contributed by atoms with Gasteiger partial charge in [0.15, 0.2) is 11.1 Å². The van der Waals surface area contributed by atoms with Crippen molar-refractivity contribution in [1.82, 2.24) is 10.8 Å². The lowest BCUT2D eigenvalue weighted by Crippen LogP contribution is -2.47. The lowest BCUT2D eigenvalue weighted by Gasteiger charge is -2.37. The molecule has 7 atom stereocenters. The van der Waals surface area contributed by atoms with Crippen molar-refractivity contribution in [3.63, 3.8) is 0 Å². The van der Waals surface area contributed by atoms with E-state index in [0.29, 0.717) is 45.1 Å². The number of rotatable bonds is 19. The van der Waals surface area contributed by atoms with Gasteiger partial charge in [-0.05, 0) is 159 Å². The molecule has 0 saturated heterocycles. The highest BCUT2D eigenvalue weighted by Gasteiger charge is 2.41. The molecule has 17 heteroatoms. The van der Waals surface area contributed by atoms with Gasteiger partial charge in [0.2, 0.25) is 5.91 Å². The zero-order valence-corrected chi connectivity index (χ0v) is 35.4. The highest BCUT2D eigenvalue weighted by atomic mass is 32.2. The van der Waals surface area contributed by atoms with E-state index in [0.717, 1.165) is 103 Å². The first kappa shape index (κ1) is 46.7. The smallest absolute Gasteiger partial charge is 0.307 e. The first-order valence-electron chi connectivity index (χ1n) is 22.6. The van der Waals surface area contributed by atoms with Crippen LogP contribution in [0.25, 0.3) is 0 Å². The van der Waals surface area contributed by atoms with Gasteiger partial charge in [0, 0.05) is 12.1 Å². The van der Waals surface area contributed by atoms with Gasteiger partial charge in [-0.2, -0.15) is 5.48 Å². The van der Waals surface area contributed by atoms with Gasteiger partial charge >= 0.3 is 11.9 Å². The molecule has 6 saturated carbocycles. The SMILES string of the molecule is O=C(O)C1CCC(COO)C(CONC2CCC(OC3CCC(OS(=O)C4CCC(OC5CCC(NC(=O)C6CC(COO)CCC6C(=O)O)CC5)CC4)CC3)CC2)C1. The molecule has 0 bridgehead atoms. The summed E-state index contributed by atoms with van der Waals surface area (Å²) in [5.41, 5.74) is 3.20. The number of carboxylic acid groups (broad SMARTS) is 2. The van der Waals surface area contributed by atoms with Crippen LogP contribution in [-0.2, 0) is 53.7 Å². The predicted molar refractivity (Wildman–Crippen MR) is 214 cm³/mol. The molecule has 0 aromatic rings. The summed E-state index contributed by atoms with van der Waals surface area (Å²) >= 11 is -1.34. The van der Waals surface area contributed by atoms with Crippen molar-refractivity contribution in [3.05, 3.63) is 0 Å². The fourth-order valence-corrected chi connectivity index (χ4v) is 12.1. The van der Waals surface area contributed by atoms with Gasteiger partial charge in [-0.25, -0.2) is 14.0 Å². The van der Waals surface area contributed by atoms with Crippen LogP contribution in [0, 0.1) is 35.5 Å². The molecule has 0 aromatic carbocycles. The van der Waals surface area contributed by atoms with E-state index in [1.54, 1.807) is 0 Å². The Hall–Kier alpha value is -1.80. The molecule has 338 valence electrons. The van der Waals surface area contributed by atoms with Crippen molar-refractivity contribution in [3.8, 4) is 0 Å². The van der Waals surface area contributed by atoms with Crippen LogP contribution >= 0.6 is 0 Å². The maximum Gasteiger partial charge on any atom is 0.307 e. The maximum atomic E-state index is 13.3. The quantitative estimate of drug-likeness (QED) is 0.0667. The molecular formula is C42H70N2O14S. The van der Waals surface area contributed by atoms with E-state index in [-0.39, 0.29) is 90.6 Å². The number of hydrogen-bond donors (Lipinski definition) is 6. The van der Waals surface area contributed by atoms with E-state index in [1.807, 2.05) is 0 Å². The summed E-state index contributed by atoms with van der Waals surface area (Å²) in [4.78, 5) is 51.1. The van der Waals surface area contributed by atoms with Crippen LogP contribution in [0.2, 0.25) is 0 Å². The Bertz CT molecular complexity index is 1330. The molecule has 0 aliphatic heterocycles. The second kappa shape index (κ2) is 23.6. The summed E-state index contributed by atoms with van der Waals surface area (Å²) in [5.74, 6) is -3.61. The van der Waals surface area contributed by atoms with Gasteiger partial charge in [0.1, 0.15) is 0 Å². The van der Waals surface area contributed by atoms with Gasteiger partial charge < -0.3 is 29.8 Å². The number of hydrogen-bond acceptors (Lipinski definition) is 13. The van der Waals surface area contributed by atoms with Crippen molar-refractivity contribution in [1.29, 1.82) is 0 Å². The summed E-state index contributed by atoms with van der Waals surface area (Å²) in [6.07, 6.45) is 17.6. The number of aliphatic carboxylic acids is 2. The molecule has 0 radical (unpaired) electrons. The van der Waals surface area contributed by atoms with E-state index in [9.17, 15) is 28.8 Å². The minimum Gasteiger partial charge on any atom is -0.481 e. The van der Waals surface area contributed by atoms with E-state index >= 15 is 0 Å². The first-order valence-corrected chi connectivity index (χ1v) is 23.8. The van der Waals surface area contributed by atoms with Crippen LogP contribution in [0.3, 0.4) is 0 Å². The summed E-state index contributed by atoms with van der Waals surface area (Å²) < 4.78 is 32.4. The monoisotopic (exact) mass is 858 g/mol. The molecule has 0 heterocycles. The number of ether oxygens (including phenoxy) is 2. The summed E-state index contributed by atoms with van der Waals surface area (Å²) in [5, 5.41) is 40.1. The number of hydroxylamine groups is 1. The minimum atomic E-state index is -1.34. The van der Waals surface area contributed by atoms with Gasteiger partial charge in [0.25, 0.3) is 0 Å². The fraction of sp³-hybridized carbons (Fsp3) is 0.929. The number of carboxylic acids is 2. The molecule has 16 nitrogen and oxygen atoms in total. The van der Waals surface area contributed by atoms with E-state index in [1.165, 1.54) is 0 Å². The molecule has 0 spiro atoms. The number of amides is 1. The van der Waals surface area contributed by atoms with Gasteiger partial charge in [-0.3, -0.25) is 29.1 Å². The number of nitrogens with one attached hydrogen (secondary N) is 2. The zero-order valence-electron chi connectivity index (χ0n) is 34.5. The molecule has 1 amide bonds. The van der Waals surface area contributed by atoms with E-state index in [2.05, 4.69) is 20.6 Å². The van der Waals surface area contributed by atoms with Gasteiger partial charge in [-0.15, -0.1) is 0 Å². The van der Waals surface area contributed by atoms with Crippen LogP contribution in [0.15, 0.2) is 0 Å². The molecule has 6 N–H and O–H groups in total. The lowest BCUT2D eigenvalue weighted by atomic mass is 9.73. The van der Waals surface area contributed by atoms with Crippen molar-refractivity contribution in [2.24, 2.45) is 35.5 Å². The van der Waals surface area contributed by atoms with Crippen LogP contribution in [-0.4, -0.2) is 110 Å². The highest BCUT2D eigenvalue weighted by molar-refractivity contribution is 7.80. The third-order valence-electron chi connectivity index (χ3n) is 14.5. The molecule has 7 unspecified atom stereocenters. The Kier molecular flexibility index (Phi) is 18.7. The molecule has 0 aromatic heterocycles. The average Bonchev–Trinajstić information content (AvgIpc) is 3.23. The summed E-state index contributed by atoms with van der Waals surface area (Å²) in [6.45, 7) is 0.688. The fourth-order valence-electron chi connectivity index (χ4n) is 10.8. The topological polar surface area (TPSA) is 229 Å². The first-order chi connectivity index (χ1) is 28.6. The Balaban J connectivity index is 0.797. The average molecular weight is 859 g/mol. The number of carbonyl (C=O) groups excluding carboxylic acids is 1. The lowest BCUT2D eigenvalue weighted by molar-refractivity contribution is -0.257. The van der Waals surface area contributed by atoms with Crippen LogP contribution in [0.1, 0.15) is 141 Å². The van der Waals surface area contributed by atoms with Crippen LogP contribution < -0.4 is 10.8 Å². The van der Waals surface area contributed by atoms with Crippen molar-refractivity contribution < 1.29 is 67.6 Å². The Morgan fingerprint density at radius 2 is 1.10 bits per heavy atom. The van der Waals surface area contributed by atoms with Crippen molar-refractivity contribution in [2.45, 2.75) is 189 Å². The summed E-state index contributed by atoms with van der Waals surface area (Å²) in [7, 11) is 0. The van der Waals surface area contributed by atoms with Crippen molar-refractivity contribution >= 4 is 28.9 Å². The highest BCUT2D eigenvalue weighted by Crippen LogP contribution is 2.37. The summed E-state index contributed by atoms with van der Waals surface area (Å²) in [6, 6.07) is 0.212. The second-order valence-electron chi connectivity index (χ2n) is 18.5. The van der Waals surface area contributed by atoms with Crippen LogP contribution in [0.5, 0.6) is 0 Å². The van der Waals surface area contributed by atoms with Gasteiger partial charge in [-0.1, -0.05) is 0 Å². The molecule has 6 aliphatic rings. The predicted octanol–water partition coefficient (Wildman–Crippen LogP) is 5.80.